The van der Waals surface area contributed by atoms with Crippen molar-refractivity contribution in [3.63, 3.8) is 0 Å². The summed E-state index contributed by atoms with van der Waals surface area (Å²) in [5.74, 6) is -0.547. The van der Waals surface area contributed by atoms with Crippen LogP contribution in [-0.2, 0) is 23.1 Å². The van der Waals surface area contributed by atoms with E-state index in [0.717, 1.165) is 29.3 Å². The maximum absolute atomic E-state index is 12.5. The van der Waals surface area contributed by atoms with Crippen LogP contribution in [0, 0.1) is 0 Å². The van der Waals surface area contributed by atoms with Crippen molar-refractivity contribution in [1.29, 1.82) is 0 Å². The molecule has 1 aliphatic heterocycles. The van der Waals surface area contributed by atoms with Crippen molar-refractivity contribution in [2.24, 2.45) is 0 Å². The number of aromatic hydroxyl groups is 3. The zero-order valence-corrected chi connectivity index (χ0v) is 11.7. The standard InChI is InChI=1S/C14H13NO5S/c16-11-2-1-9-7-15(8-10(9)3-11)21(19,20)14-5-12(17)4-13(18)6-14/h1-6,16-18H,7-8H2. The van der Waals surface area contributed by atoms with Gasteiger partial charge in [-0.3, -0.25) is 0 Å². The fraction of sp³-hybridized carbons (Fsp3) is 0.143. The van der Waals surface area contributed by atoms with E-state index in [1.165, 1.54) is 16.4 Å². The predicted molar refractivity (Wildman–Crippen MR) is 74.3 cm³/mol. The van der Waals surface area contributed by atoms with Crippen molar-refractivity contribution >= 4 is 10.0 Å². The van der Waals surface area contributed by atoms with Crippen LogP contribution in [0.1, 0.15) is 11.1 Å². The Morgan fingerprint density at radius 3 is 2.10 bits per heavy atom. The van der Waals surface area contributed by atoms with Crippen LogP contribution in [0.15, 0.2) is 41.3 Å². The molecule has 1 heterocycles. The minimum atomic E-state index is -3.83. The average molecular weight is 307 g/mol. The van der Waals surface area contributed by atoms with Gasteiger partial charge in [0.15, 0.2) is 0 Å². The highest BCUT2D eigenvalue weighted by molar-refractivity contribution is 7.89. The molecule has 0 amide bonds. The van der Waals surface area contributed by atoms with E-state index in [-0.39, 0.29) is 35.2 Å². The monoisotopic (exact) mass is 307 g/mol. The molecule has 0 aromatic heterocycles. The van der Waals surface area contributed by atoms with E-state index in [4.69, 9.17) is 0 Å². The van der Waals surface area contributed by atoms with Gasteiger partial charge in [0.25, 0.3) is 0 Å². The van der Waals surface area contributed by atoms with Crippen LogP contribution in [0.3, 0.4) is 0 Å². The van der Waals surface area contributed by atoms with Crippen LogP contribution in [-0.4, -0.2) is 28.0 Å². The number of sulfonamides is 1. The third kappa shape index (κ3) is 2.41. The van der Waals surface area contributed by atoms with Crippen molar-refractivity contribution in [2.75, 3.05) is 0 Å². The van der Waals surface area contributed by atoms with E-state index in [2.05, 4.69) is 0 Å². The van der Waals surface area contributed by atoms with Crippen molar-refractivity contribution in [1.82, 2.24) is 4.31 Å². The second-order valence-electron chi connectivity index (χ2n) is 4.91. The van der Waals surface area contributed by atoms with Gasteiger partial charge >= 0.3 is 0 Å². The van der Waals surface area contributed by atoms with Crippen LogP contribution < -0.4 is 0 Å². The fourth-order valence-electron chi connectivity index (χ4n) is 2.39. The lowest BCUT2D eigenvalue weighted by Crippen LogP contribution is -2.25. The molecule has 0 unspecified atom stereocenters. The fourth-order valence-corrected chi connectivity index (χ4v) is 3.84. The molecule has 0 fully saturated rings. The first-order valence-corrected chi connectivity index (χ1v) is 7.64. The molecule has 110 valence electrons. The molecule has 2 aromatic rings. The van der Waals surface area contributed by atoms with E-state index in [9.17, 15) is 23.7 Å². The molecular formula is C14H13NO5S. The van der Waals surface area contributed by atoms with Crippen LogP contribution in [0.4, 0.5) is 0 Å². The van der Waals surface area contributed by atoms with Gasteiger partial charge < -0.3 is 15.3 Å². The summed E-state index contributed by atoms with van der Waals surface area (Å²) in [7, 11) is -3.83. The number of hydrogen-bond donors (Lipinski definition) is 3. The summed E-state index contributed by atoms with van der Waals surface area (Å²) in [5, 5.41) is 28.3. The van der Waals surface area contributed by atoms with Gasteiger partial charge in [0.05, 0.1) is 4.90 Å². The molecule has 0 saturated heterocycles. The van der Waals surface area contributed by atoms with Crippen molar-refractivity contribution in [3.8, 4) is 17.2 Å². The van der Waals surface area contributed by atoms with Crippen molar-refractivity contribution in [2.45, 2.75) is 18.0 Å². The van der Waals surface area contributed by atoms with E-state index < -0.39 is 10.0 Å². The van der Waals surface area contributed by atoms with E-state index in [0.29, 0.717) is 0 Å². The normalized spacial score (nSPS) is 15.0. The number of rotatable bonds is 2. The number of nitrogens with zero attached hydrogens (tertiary/aromatic N) is 1. The minimum Gasteiger partial charge on any atom is -0.508 e. The summed E-state index contributed by atoms with van der Waals surface area (Å²) in [5.41, 5.74) is 1.56. The summed E-state index contributed by atoms with van der Waals surface area (Å²) < 4.78 is 26.3. The Morgan fingerprint density at radius 1 is 0.810 bits per heavy atom. The number of fused-ring (bicyclic) bond motifs is 1. The first kappa shape index (κ1) is 13.7. The first-order chi connectivity index (χ1) is 9.86. The second kappa shape index (κ2) is 4.64. The maximum Gasteiger partial charge on any atom is 0.243 e. The molecule has 0 bridgehead atoms. The van der Waals surface area contributed by atoms with Gasteiger partial charge in [-0.15, -0.1) is 0 Å². The molecule has 1 aliphatic rings. The average Bonchev–Trinajstić information content (AvgIpc) is 2.81. The Morgan fingerprint density at radius 2 is 1.43 bits per heavy atom. The SMILES string of the molecule is O=S(=O)(c1cc(O)cc(O)c1)N1Cc2ccc(O)cc2C1. The minimum absolute atomic E-state index is 0.0861. The molecule has 0 spiro atoms. The number of phenols is 3. The van der Waals surface area contributed by atoms with Crippen molar-refractivity contribution < 1.29 is 23.7 Å². The lowest BCUT2D eigenvalue weighted by atomic mass is 10.1. The summed E-state index contributed by atoms with van der Waals surface area (Å²) >= 11 is 0. The molecule has 3 rings (SSSR count). The van der Waals surface area contributed by atoms with Gasteiger partial charge in [-0.25, -0.2) is 8.42 Å². The molecule has 0 saturated carbocycles. The maximum atomic E-state index is 12.5. The van der Waals surface area contributed by atoms with Gasteiger partial charge in [-0.2, -0.15) is 4.31 Å². The van der Waals surface area contributed by atoms with E-state index in [1.54, 1.807) is 6.07 Å². The zero-order valence-electron chi connectivity index (χ0n) is 10.9. The second-order valence-corrected chi connectivity index (χ2v) is 6.85. The molecule has 3 N–H and O–H groups in total. The van der Waals surface area contributed by atoms with Gasteiger partial charge in [0.2, 0.25) is 10.0 Å². The Labute approximate surface area is 121 Å². The molecule has 7 heteroatoms. The molecule has 2 aromatic carbocycles. The van der Waals surface area contributed by atoms with Gasteiger partial charge in [-0.1, -0.05) is 6.07 Å². The van der Waals surface area contributed by atoms with E-state index in [1.807, 2.05) is 0 Å². The van der Waals surface area contributed by atoms with Crippen LogP contribution >= 0.6 is 0 Å². The Balaban J connectivity index is 1.98. The first-order valence-electron chi connectivity index (χ1n) is 6.20. The molecule has 0 radical (unpaired) electrons. The number of phenolic OH excluding ortho intramolecular Hbond substituents is 3. The predicted octanol–water partition coefficient (Wildman–Crippen LogP) is 1.51. The molecular weight excluding hydrogens is 294 g/mol. The molecule has 6 nitrogen and oxygen atoms in total. The highest BCUT2D eigenvalue weighted by atomic mass is 32.2. The highest BCUT2D eigenvalue weighted by Crippen LogP contribution is 2.32. The number of hydrogen-bond acceptors (Lipinski definition) is 5. The Bertz CT molecular complexity index is 796. The summed E-state index contributed by atoms with van der Waals surface area (Å²) in [6.07, 6.45) is 0. The summed E-state index contributed by atoms with van der Waals surface area (Å²) in [4.78, 5) is -0.169. The lowest BCUT2D eigenvalue weighted by molar-refractivity contribution is 0.425. The van der Waals surface area contributed by atoms with Gasteiger partial charge in [0, 0.05) is 31.3 Å². The Hall–Kier alpha value is -2.25. The molecule has 0 aliphatic carbocycles. The topological polar surface area (TPSA) is 98.1 Å². The van der Waals surface area contributed by atoms with Crippen LogP contribution in [0.2, 0.25) is 0 Å². The highest BCUT2D eigenvalue weighted by Gasteiger charge is 2.31. The molecule has 21 heavy (non-hydrogen) atoms. The van der Waals surface area contributed by atoms with Crippen LogP contribution in [0.5, 0.6) is 17.2 Å². The zero-order chi connectivity index (χ0) is 15.2. The summed E-state index contributed by atoms with van der Waals surface area (Å²) in [6.45, 7) is 0.330. The van der Waals surface area contributed by atoms with Crippen molar-refractivity contribution in [3.05, 3.63) is 47.5 Å². The van der Waals surface area contributed by atoms with Gasteiger partial charge in [-0.05, 0) is 23.3 Å². The van der Waals surface area contributed by atoms with Crippen LogP contribution in [0.25, 0.3) is 0 Å². The Kier molecular flexibility index (Phi) is 3.03. The quantitative estimate of drug-likeness (QED) is 0.781. The summed E-state index contributed by atoms with van der Waals surface area (Å²) in [6, 6.07) is 7.97. The largest absolute Gasteiger partial charge is 0.508 e. The van der Waals surface area contributed by atoms with Gasteiger partial charge in [0.1, 0.15) is 17.2 Å². The third-order valence-corrected chi connectivity index (χ3v) is 5.17. The molecule has 0 atom stereocenters. The van der Waals surface area contributed by atoms with E-state index >= 15 is 0 Å². The lowest BCUT2D eigenvalue weighted by Gasteiger charge is -2.16. The smallest absolute Gasteiger partial charge is 0.243 e. The number of benzene rings is 2. The third-order valence-electron chi connectivity index (χ3n) is 3.40.